The van der Waals surface area contributed by atoms with Gasteiger partial charge in [-0.3, -0.25) is 9.59 Å². The van der Waals surface area contributed by atoms with Gasteiger partial charge in [-0.2, -0.15) is 0 Å². The van der Waals surface area contributed by atoms with Gasteiger partial charge in [0.1, 0.15) is 23.2 Å². The first-order valence-corrected chi connectivity index (χ1v) is 12.4. The Hall–Kier alpha value is -1.05. The van der Waals surface area contributed by atoms with Gasteiger partial charge in [-0.15, -0.1) is 34.7 Å². The number of oxime groups is 1. The van der Waals surface area contributed by atoms with E-state index in [4.69, 9.17) is 22.2 Å². The van der Waals surface area contributed by atoms with Crippen molar-refractivity contribution in [2.45, 2.75) is 73.2 Å². The summed E-state index contributed by atoms with van der Waals surface area (Å²) in [6.45, 7) is 3.47. The zero-order valence-electron chi connectivity index (χ0n) is 18.4. The molecule has 1 saturated carbocycles. The number of alkyl halides is 1. The van der Waals surface area contributed by atoms with Crippen molar-refractivity contribution >= 4 is 63.3 Å². The van der Waals surface area contributed by atoms with Gasteiger partial charge in [0.15, 0.2) is 10.8 Å². The fraction of sp³-hybridized carbons (Fsp3) is 0.632. The van der Waals surface area contributed by atoms with Crippen LogP contribution < -0.4 is 45.7 Å². The fourth-order valence-electron chi connectivity index (χ4n) is 4.19. The summed E-state index contributed by atoms with van der Waals surface area (Å²) >= 11 is 8.58. The Morgan fingerprint density at radius 2 is 2.03 bits per heavy atom. The second kappa shape index (κ2) is 10.3. The molecule has 0 unspecified atom stereocenters. The topological polar surface area (TPSA) is 150 Å². The Labute approximate surface area is 226 Å². The number of carbonyl (C=O) groups excluding carboxylic acids is 3. The first kappa shape index (κ1) is 26.6. The van der Waals surface area contributed by atoms with Crippen molar-refractivity contribution in [1.29, 1.82) is 0 Å². The van der Waals surface area contributed by atoms with Crippen LogP contribution in [0.3, 0.4) is 0 Å². The summed E-state index contributed by atoms with van der Waals surface area (Å²) in [4.78, 5) is 48.3. The molecule has 1 aliphatic carbocycles. The smallest absolute Gasteiger partial charge is 0.548 e. The minimum atomic E-state index is -1.32. The van der Waals surface area contributed by atoms with Gasteiger partial charge in [-0.05, 0) is 39.5 Å². The third-order valence-corrected chi connectivity index (χ3v) is 8.51. The van der Waals surface area contributed by atoms with Crippen molar-refractivity contribution in [3.05, 3.63) is 11.1 Å². The summed E-state index contributed by atoms with van der Waals surface area (Å²) < 4.78 is -0.747. The van der Waals surface area contributed by atoms with Crippen LogP contribution in [0.1, 0.15) is 45.2 Å². The van der Waals surface area contributed by atoms with Gasteiger partial charge in [0.05, 0.1) is 12.0 Å². The summed E-state index contributed by atoms with van der Waals surface area (Å²) in [6.07, 6.45) is 2.88. The molecule has 3 aliphatic rings. The van der Waals surface area contributed by atoms with Crippen molar-refractivity contribution in [1.82, 2.24) is 15.2 Å². The molecule has 2 aliphatic heterocycles. The van der Waals surface area contributed by atoms with E-state index in [0.29, 0.717) is 0 Å². The Morgan fingerprint density at radius 3 is 2.61 bits per heavy atom. The van der Waals surface area contributed by atoms with E-state index < -0.39 is 40.0 Å². The average molecular weight is 524 g/mol. The fourth-order valence-corrected chi connectivity index (χ4v) is 6.61. The Morgan fingerprint density at radius 1 is 1.36 bits per heavy atom. The van der Waals surface area contributed by atoms with E-state index in [1.54, 1.807) is 19.2 Å². The standard InChI is InChI=1S/C19H24ClN5O5S2.Na/c1-19(2)13(17(28)29)25-15(27)12(16(25)32-19)23-14(26)11(10-7-31-18(21)22-10)24-30-9-5-3-8(20)4-6-9;/h7-9,12-13,16H,3-6H2,1-2H3,(H2,21,22)(H,23,26)(H,28,29);/q;+1/p-1/b24-11-;/t8-,9+,12-,13-,16+;/m0./s1. The predicted molar refractivity (Wildman–Crippen MR) is 119 cm³/mol. The van der Waals surface area contributed by atoms with E-state index in [1.165, 1.54) is 16.7 Å². The number of nitrogens with one attached hydrogen (secondary N) is 1. The monoisotopic (exact) mass is 523 g/mol. The molecule has 0 spiro atoms. The maximum atomic E-state index is 13.1. The Balaban J connectivity index is 0.00000306. The number of rotatable bonds is 6. The van der Waals surface area contributed by atoms with Crippen LogP contribution in [-0.4, -0.2) is 67.1 Å². The van der Waals surface area contributed by atoms with E-state index in [-0.39, 0.29) is 57.6 Å². The van der Waals surface area contributed by atoms with Crippen molar-refractivity contribution in [3.8, 4) is 0 Å². The number of β-lactam (4-membered cyclic amide) rings is 1. The molecule has 3 fully saturated rings. The normalized spacial score (nSPS) is 30.6. The number of amides is 2. The second-order valence-electron chi connectivity index (χ2n) is 8.52. The molecule has 0 aromatic carbocycles. The van der Waals surface area contributed by atoms with Crippen molar-refractivity contribution < 1.29 is 53.9 Å². The molecule has 14 heteroatoms. The molecular weight excluding hydrogens is 501 g/mol. The number of aliphatic carboxylic acids is 1. The number of thioether (sulfide) groups is 1. The molecule has 1 aromatic rings. The van der Waals surface area contributed by atoms with Crippen molar-refractivity contribution in [2.24, 2.45) is 5.16 Å². The van der Waals surface area contributed by atoms with Crippen LogP contribution in [0.2, 0.25) is 0 Å². The van der Waals surface area contributed by atoms with E-state index in [2.05, 4.69) is 15.5 Å². The molecule has 3 atom stereocenters. The first-order valence-electron chi connectivity index (χ1n) is 10.2. The molecule has 174 valence electrons. The Kier molecular flexibility index (Phi) is 8.28. The van der Waals surface area contributed by atoms with Crippen LogP contribution >= 0.6 is 34.7 Å². The van der Waals surface area contributed by atoms with Crippen LogP contribution in [0.5, 0.6) is 0 Å². The number of hydrogen-bond donors (Lipinski definition) is 2. The van der Waals surface area contributed by atoms with Crippen LogP contribution in [0, 0.1) is 0 Å². The van der Waals surface area contributed by atoms with Gasteiger partial charge in [-0.25, -0.2) is 4.98 Å². The molecule has 0 radical (unpaired) electrons. The molecule has 1 aromatic heterocycles. The molecule has 33 heavy (non-hydrogen) atoms. The van der Waals surface area contributed by atoms with Gasteiger partial charge in [0.2, 0.25) is 5.91 Å². The van der Waals surface area contributed by atoms with E-state index in [9.17, 15) is 19.5 Å². The number of nitrogens with two attached hydrogens (primary N) is 1. The van der Waals surface area contributed by atoms with E-state index in [0.717, 1.165) is 37.0 Å². The summed E-state index contributed by atoms with van der Waals surface area (Å²) in [6, 6.07) is -1.95. The maximum Gasteiger partial charge on any atom is 1.00 e. The first-order chi connectivity index (χ1) is 15.1. The molecule has 0 bridgehead atoms. The Bertz CT molecular complexity index is 968. The molecule has 3 heterocycles. The number of carboxylic acids is 1. The van der Waals surface area contributed by atoms with Crippen LogP contribution in [0.25, 0.3) is 0 Å². The van der Waals surface area contributed by atoms with Gasteiger partial charge in [0, 0.05) is 15.5 Å². The number of nitrogens with zero attached hydrogens (tertiary/aromatic N) is 3. The zero-order chi connectivity index (χ0) is 23.2. The van der Waals surface area contributed by atoms with Crippen molar-refractivity contribution in [2.75, 3.05) is 5.73 Å². The van der Waals surface area contributed by atoms with Crippen LogP contribution in [0.4, 0.5) is 5.13 Å². The number of thiazole rings is 1. The third kappa shape index (κ3) is 5.30. The summed E-state index contributed by atoms with van der Waals surface area (Å²) in [5.41, 5.74) is 5.87. The largest absolute Gasteiger partial charge is 1.00 e. The van der Waals surface area contributed by atoms with Gasteiger partial charge < -0.3 is 30.7 Å². The summed E-state index contributed by atoms with van der Waals surface area (Å²) in [5.74, 6) is -2.44. The van der Waals surface area contributed by atoms with E-state index >= 15 is 0 Å². The summed E-state index contributed by atoms with van der Waals surface area (Å²) in [7, 11) is 0. The number of halogens is 1. The molecule has 2 amide bonds. The van der Waals surface area contributed by atoms with E-state index in [1.807, 2.05) is 0 Å². The van der Waals surface area contributed by atoms with Gasteiger partial charge in [0.25, 0.3) is 5.91 Å². The number of hydrogen-bond acceptors (Lipinski definition) is 10. The van der Waals surface area contributed by atoms with Gasteiger partial charge >= 0.3 is 29.6 Å². The minimum absolute atomic E-state index is 0. The van der Waals surface area contributed by atoms with Crippen LogP contribution in [0.15, 0.2) is 10.5 Å². The number of anilines is 1. The average Bonchev–Trinajstić information content (AvgIpc) is 3.26. The number of aromatic nitrogens is 1. The minimum Gasteiger partial charge on any atom is -0.548 e. The summed E-state index contributed by atoms with van der Waals surface area (Å²) in [5, 5.41) is 19.7. The molecule has 4 rings (SSSR count). The predicted octanol–water partition coefficient (Wildman–Crippen LogP) is -2.70. The molecular formula is C19H23ClN5NaO5S2. The number of carboxylic acid groups (broad SMARTS) is 1. The molecule has 3 N–H and O–H groups in total. The SMILES string of the molecule is CC1(C)S[C@@H]2[C@@H](NC(=O)/C(=N\O[C@H]3CC[C@@H](Cl)CC3)c3csc(N)n3)C(=O)N2[C@H]1C(=O)[O-].[Na+]. The van der Waals surface area contributed by atoms with Crippen LogP contribution in [-0.2, 0) is 19.2 Å². The quantitative estimate of drug-likeness (QED) is 0.134. The third-order valence-electron chi connectivity index (χ3n) is 5.83. The number of fused-ring (bicyclic) bond motifs is 1. The second-order valence-corrected chi connectivity index (χ2v) is 11.8. The molecule has 10 nitrogen and oxygen atoms in total. The maximum absolute atomic E-state index is 13.1. The number of carbonyl (C=O) groups is 3. The van der Waals surface area contributed by atoms with Crippen molar-refractivity contribution in [3.63, 3.8) is 0 Å². The zero-order valence-corrected chi connectivity index (χ0v) is 22.8. The number of nitrogen functional groups attached to an aromatic ring is 1. The molecule has 2 saturated heterocycles. The van der Waals surface area contributed by atoms with Gasteiger partial charge in [-0.1, -0.05) is 5.16 Å².